The second-order valence-electron chi connectivity index (χ2n) is 7.41. The van der Waals surface area contributed by atoms with Crippen LogP contribution in [0.4, 0.5) is 0 Å². The van der Waals surface area contributed by atoms with Crippen LogP contribution in [-0.2, 0) is 14.3 Å². The molecule has 1 aliphatic heterocycles. The third-order valence-electron chi connectivity index (χ3n) is 4.76. The second-order valence-corrected chi connectivity index (χ2v) is 7.41. The Balaban J connectivity index is 1.55. The molecule has 1 heterocycles. The van der Waals surface area contributed by atoms with Crippen LogP contribution < -0.4 is 19.5 Å². The number of carbonyl (C=O) groups is 2. The summed E-state index contributed by atoms with van der Waals surface area (Å²) in [6.45, 7) is 4.66. The van der Waals surface area contributed by atoms with Crippen LogP contribution in [-0.4, -0.2) is 38.8 Å². The third-order valence-corrected chi connectivity index (χ3v) is 4.76. The molecule has 0 aliphatic carbocycles. The van der Waals surface area contributed by atoms with E-state index in [1.807, 2.05) is 50.2 Å². The molecular weight excluding hydrogens is 398 g/mol. The van der Waals surface area contributed by atoms with E-state index in [0.29, 0.717) is 30.5 Å². The number of esters is 1. The van der Waals surface area contributed by atoms with E-state index in [4.69, 9.17) is 18.9 Å². The lowest BCUT2D eigenvalue weighted by Gasteiger charge is -2.25. The fraction of sp³-hybridized carbons (Fsp3) is 0.333. The predicted molar refractivity (Wildman–Crippen MR) is 116 cm³/mol. The number of rotatable bonds is 8. The van der Waals surface area contributed by atoms with E-state index in [-0.39, 0.29) is 24.5 Å². The Morgan fingerprint density at radius 2 is 1.87 bits per heavy atom. The zero-order chi connectivity index (χ0) is 22.2. The minimum atomic E-state index is -0.599. The molecule has 0 unspecified atom stereocenters. The highest BCUT2D eigenvalue weighted by Gasteiger charge is 2.21. The lowest BCUT2D eigenvalue weighted by molar-refractivity contribution is -0.144. The van der Waals surface area contributed by atoms with Crippen LogP contribution >= 0.6 is 0 Å². The van der Waals surface area contributed by atoms with Gasteiger partial charge < -0.3 is 24.3 Å². The van der Waals surface area contributed by atoms with Crippen LogP contribution in [0.2, 0.25) is 0 Å². The molecular formula is C24H27NO6. The molecule has 1 N–H and O–H groups in total. The number of nitrogens with one attached hydrogen (secondary N) is 1. The number of hydrogen-bond donors (Lipinski definition) is 1. The largest absolute Gasteiger partial charge is 0.497 e. The first-order chi connectivity index (χ1) is 15.0. The molecule has 0 radical (unpaired) electrons. The van der Waals surface area contributed by atoms with Gasteiger partial charge in [-0.25, -0.2) is 4.79 Å². The summed E-state index contributed by atoms with van der Waals surface area (Å²) in [5.41, 5.74) is 1.69. The van der Waals surface area contributed by atoms with Crippen LogP contribution in [0.1, 0.15) is 31.0 Å². The van der Waals surface area contributed by atoms with Crippen LogP contribution in [0.25, 0.3) is 6.08 Å². The van der Waals surface area contributed by atoms with Gasteiger partial charge in [0.15, 0.2) is 18.1 Å². The summed E-state index contributed by atoms with van der Waals surface area (Å²) in [5.74, 6) is 1.19. The van der Waals surface area contributed by atoms with Gasteiger partial charge in [0, 0.05) is 6.08 Å². The van der Waals surface area contributed by atoms with E-state index in [9.17, 15) is 9.59 Å². The van der Waals surface area contributed by atoms with Crippen molar-refractivity contribution in [2.45, 2.75) is 19.9 Å². The minimum absolute atomic E-state index is 0.121. The predicted octanol–water partition coefficient (Wildman–Crippen LogP) is 3.54. The van der Waals surface area contributed by atoms with Crippen molar-refractivity contribution < 1.29 is 28.5 Å². The lowest BCUT2D eigenvalue weighted by Crippen LogP contribution is -2.35. The normalized spacial score (nSPS) is 13.7. The summed E-state index contributed by atoms with van der Waals surface area (Å²) in [6.07, 6.45) is 2.89. The molecule has 2 aromatic rings. The van der Waals surface area contributed by atoms with Crippen LogP contribution in [0, 0.1) is 5.92 Å². The van der Waals surface area contributed by atoms with Gasteiger partial charge in [0.25, 0.3) is 5.91 Å². The molecule has 1 atom stereocenters. The molecule has 1 aliphatic rings. The van der Waals surface area contributed by atoms with Crippen LogP contribution in [0.5, 0.6) is 17.2 Å². The average Bonchev–Trinajstić information content (AvgIpc) is 2.79. The maximum absolute atomic E-state index is 12.4. The topological polar surface area (TPSA) is 83.1 Å². The highest BCUT2D eigenvalue weighted by atomic mass is 16.6. The van der Waals surface area contributed by atoms with Crippen molar-refractivity contribution in [3.05, 3.63) is 59.7 Å². The Bertz CT molecular complexity index is 953. The number of methoxy groups -OCH3 is 1. The molecule has 0 saturated heterocycles. The van der Waals surface area contributed by atoms with Gasteiger partial charge in [0.1, 0.15) is 19.0 Å². The first-order valence-electron chi connectivity index (χ1n) is 10.1. The Morgan fingerprint density at radius 3 is 2.61 bits per heavy atom. The maximum atomic E-state index is 12.4. The summed E-state index contributed by atoms with van der Waals surface area (Å²) in [5, 5.41) is 2.93. The van der Waals surface area contributed by atoms with E-state index >= 15 is 0 Å². The van der Waals surface area contributed by atoms with Crippen LogP contribution in [0.3, 0.4) is 0 Å². The zero-order valence-corrected chi connectivity index (χ0v) is 17.9. The van der Waals surface area contributed by atoms with Crippen molar-refractivity contribution in [1.82, 2.24) is 5.32 Å². The summed E-state index contributed by atoms with van der Waals surface area (Å²) >= 11 is 0. The van der Waals surface area contributed by atoms with Crippen molar-refractivity contribution >= 4 is 18.0 Å². The number of amides is 1. The van der Waals surface area contributed by atoms with E-state index in [1.165, 1.54) is 6.08 Å². The molecule has 31 heavy (non-hydrogen) atoms. The molecule has 0 aromatic heterocycles. The van der Waals surface area contributed by atoms with Crippen molar-refractivity contribution in [1.29, 1.82) is 0 Å². The van der Waals surface area contributed by atoms with E-state index in [2.05, 4.69) is 5.32 Å². The molecule has 0 saturated carbocycles. The standard InChI is InChI=1S/C24H27NO6/c1-16(2)24(18-8-9-20-21(14-18)30-12-11-29-20)25-22(26)15-31-23(27)10-7-17-5-4-6-19(13-17)28-3/h4-10,13-14,16,24H,11-12,15H2,1-3H3,(H,25,26)/b10-7+/t24-/m1/s1. The first-order valence-corrected chi connectivity index (χ1v) is 10.1. The van der Waals surface area contributed by atoms with Gasteiger partial charge in [0.05, 0.1) is 13.2 Å². The number of ether oxygens (including phenoxy) is 4. The van der Waals surface area contributed by atoms with E-state index in [1.54, 1.807) is 19.3 Å². The van der Waals surface area contributed by atoms with Gasteiger partial charge in [-0.1, -0.05) is 32.0 Å². The summed E-state index contributed by atoms with van der Waals surface area (Å²) in [4.78, 5) is 24.4. The fourth-order valence-corrected chi connectivity index (χ4v) is 3.20. The Labute approximate surface area is 181 Å². The monoisotopic (exact) mass is 425 g/mol. The smallest absolute Gasteiger partial charge is 0.331 e. The van der Waals surface area contributed by atoms with E-state index in [0.717, 1.165) is 11.1 Å². The van der Waals surface area contributed by atoms with Gasteiger partial charge >= 0.3 is 5.97 Å². The molecule has 3 rings (SSSR count). The van der Waals surface area contributed by atoms with Crippen molar-refractivity contribution in [3.8, 4) is 17.2 Å². The first kappa shape index (κ1) is 22.2. The van der Waals surface area contributed by atoms with Gasteiger partial charge in [0.2, 0.25) is 0 Å². The average molecular weight is 425 g/mol. The van der Waals surface area contributed by atoms with Crippen molar-refractivity contribution in [2.75, 3.05) is 26.9 Å². The summed E-state index contributed by atoms with van der Waals surface area (Å²) in [6, 6.07) is 12.6. The van der Waals surface area contributed by atoms with Gasteiger partial charge in [-0.15, -0.1) is 0 Å². The van der Waals surface area contributed by atoms with Crippen molar-refractivity contribution in [2.24, 2.45) is 5.92 Å². The highest BCUT2D eigenvalue weighted by Crippen LogP contribution is 2.34. The quantitative estimate of drug-likeness (QED) is 0.515. The number of benzene rings is 2. The molecule has 7 nitrogen and oxygen atoms in total. The minimum Gasteiger partial charge on any atom is -0.497 e. The lowest BCUT2D eigenvalue weighted by atomic mass is 9.95. The zero-order valence-electron chi connectivity index (χ0n) is 17.9. The summed E-state index contributed by atoms with van der Waals surface area (Å²) < 4.78 is 21.4. The van der Waals surface area contributed by atoms with Gasteiger partial charge in [-0.2, -0.15) is 0 Å². The van der Waals surface area contributed by atoms with Crippen LogP contribution in [0.15, 0.2) is 48.5 Å². The second kappa shape index (κ2) is 10.5. The third kappa shape index (κ3) is 6.25. The van der Waals surface area contributed by atoms with Gasteiger partial charge in [-0.05, 0) is 47.4 Å². The Kier molecular flexibility index (Phi) is 7.54. The molecule has 164 valence electrons. The molecule has 7 heteroatoms. The Hall–Kier alpha value is -3.48. The fourth-order valence-electron chi connectivity index (χ4n) is 3.20. The molecule has 1 amide bonds. The number of hydrogen-bond acceptors (Lipinski definition) is 6. The van der Waals surface area contributed by atoms with Crippen molar-refractivity contribution in [3.63, 3.8) is 0 Å². The molecule has 0 spiro atoms. The van der Waals surface area contributed by atoms with E-state index < -0.39 is 5.97 Å². The molecule has 0 fully saturated rings. The number of fused-ring (bicyclic) bond motifs is 1. The summed E-state index contributed by atoms with van der Waals surface area (Å²) in [7, 11) is 1.57. The Morgan fingerprint density at radius 1 is 1.10 bits per heavy atom. The van der Waals surface area contributed by atoms with Gasteiger partial charge in [-0.3, -0.25) is 4.79 Å². The molecule has 0 bridgehead atoms. The molecule has 2 aromatic carbocycles. The SMILES string of the molecule is COc1cccc(/C=C/C(=O)OCC(=O)N[C@@H](c2ccc3c(c2)OCCO3)C(C)C)c1. The maximum Gasteiger partial charge on any atom is 0.331 e. The number of carbonyl (C=O) groups excluding carboxylic acids is 2. The highest BCUT2D eigenvalue weighted by molar-refractivity contribution is 5.89.